The Labute approximate surface area is 75.2 Å². The number of rotatable bonds is 1. The van der Waals surface area contributed by atoms with E-state index in [0.29, 0.717) is 0 Å². The highest BCUT2D eigenvalue weighted by Gasteiger charge is 2.42. The minimum atomic E-state index is -1.25. The maximum absolute atomic E-state index is 9.33. The summed E-state index contributed by atoms with van der Waals surface area (Å²) in [7, 11) is 0. The minimum absolute atomic E-state index is 0.455. The van der Waals surface area contributed by atoms with Gasteiger partial charge in [0.1, 0.15) is 18.3 Å². The quantitative estimate of drug-likeness (QED) is 0.356. The molecule has 1 aliphatic heterocycles. The molecular formula is C7H12N2O4. The van der Waals surface area contributed by atoms with Crippen LogP contribution in [0.4, 0.5) is 0 Å². The van der Waals surface area contributed by atoms with Gasteiger partial charge in [0, 0.05) is 0 Å². The summed E-state index contributed by atoms with van der Waals surface area (Å²) >= 11 is 0. The fourth-order valence-corrected chi connectivity index (χ4v) is 1.25. The van der Waals surface area contributed by atoms with Crippen LogP contribution in [0.25, 0.3) is 0 Å². The molecular weight excluding hydrogens is 176 g/mol. The predicted octanol–water partition coefficient (Wildman–Crippen LogP) is -2.68. The van der Waals surface area contributed by atoms with E-state index in [9.17, 15) is 10.2 Å². The lowest BCUT2D eigenvalue weighted by Crippen LogP contribution is -2.61. The fraction of sp³-hybridized carbons (Fsp3) is 0.857. The average Bonchev–Trinajstić information content (AvgIpc) is 2.15. The van der Waals surface area contributed by atoms with Gasteiger partial charge in [-0.3, -0.25) is 0 Å². The zero-order valence-electron chi connectivity index (χ0n) is 6.87. The van der Waals surface area contributed by atoms with E-state index in [2.05, 4.69) is 0 Å². The average molecular weight is 188 g/mol. The first-order valence-electron chi connectivity index (χ1n) is 3.89. The van der Waals surface area contributed by atoms with E-state index in [-0.39, 0.29) is 0 Å². The van der Waals surface area contributed by atoms with Crippen LogP contribution in [-0.2, 0) is 4.74 Å². The van der Waals surface area contributed by atoms with Crippen LogP contribution >= 0.6 is 0 Å². The van der Waals surface area contributed by atoms with Crippen molar-refractivity contribution in [3.8, 4) is 6.07 Å². The molecule has 0 aliphatic carbocycles. The molecule has 5 N–H and O–H groups in total. The lowest BCUT2D eigenvalue weighted by Gasteiger charge is -2.37. The maximum Gasteiger partial charge on any atom is 0.162 e. The highest BCUT2D eigenvalue weighted by atomic mass is 16.5. The van der Waals surface area contributed by atoms with Gasteiger partial charge in [-0.05, 0) is 0 Å². The smallest absolute Gasteiger partial charge is 0.162 e. The molecule has 6 heteroatoms. The van der Waals surface area contributed by atoms with Crippen molar-refractivity contribution in [3.63, 3.8) is 0 Å². The summed E-state index contributed by atoms with van der Waals surface area (Å²) in [6.07, 6.45) is -4.42. The lowest BCUT2D eigenvalue weighted by atomic mass is 9.94. The third kappa shape index (κ3) is 1.80. The van der Waals surface area contributed by atoms with Crippen LogP contribution in [0.15, 0.2) is 0 Å². The summed E-state index contributed by atoms with van der Waals surface area (Å²) in [5.74, 6) is 0. The molecule has 0 aromatic carbocycles. The number of aliphatic hydroxyl groups is 3. The molecule has 0 radical (unpaired) electrons. The third-order valence-electron chi connectivity index (χ3n) is 2.10. The fourth-order valence-electron chi connectivity index (χ4n) is 1.25. The van der Waals surface area contributed by atoms with Crippen LogP contribution in [0.2, 0.25) is 0 Å². The molecule has 1 heterocycles. The normalized spacial score (nSPS) is 45.6. The van der Waals surface area contributed by atoms with Crippen molar-refractivity contribution in [1.29, 1.82) is 5.26 Å². The highest BCUT2D eigenvalue weighted by molar-refractivity contribution is 5.03. The minimum Gasteiger partial charge on any atom is -0.394 e. The predicted molar refractivity (Wildman–Crippen MR) is 41.3 cm³/mol. The summed E-state index contributed by atoms with van der Waals surface area (Å²) in [6, 6.07) is 0.798. The molecule has 1 saturated heterocycles. The third-order valence-corrected chi connectivity index (χ3v) is 2.10. The Hall–Kier alpha value is -0.710. The van der Waals surface area contributed by atoms with Gasteiger partial charge in [0.15, 0.2) is 6.10 Å². The van der Waals surface area contributed by atoms with Gasteiger partial charge >= 0.3 is 0 Å². The van der Waals surface area contributed by atoms with Gasteiger partial charge in [0.25, 0.3) is 0 Å². The van der Waals surface area contributed by atoms with Crippen molar-refractivity contribution in [3.05, 3.63) is 0 Å². The number of nitrogens with zero attached hydrogens (tertiary/aromatic N) is 1. The van der Waals surface area contributed by atoms with Crippen LogP contribution in [0.1, 0.15) is 0 Å². The largest absolute Gasteiger partial charge is 0.394 e. The second kappa shape index (κ2) is 4.00. The van der Waals surface area contributed by atoms with E-state index in [0.717, 1.165) is 0 Å². The van der Waals surface area contributed by atoms with Gasteiger partial charge in [-0.1, -0.05) is 0 Å². The molecule has 0 amide bonds. The van der Waals surface area contributed by atoms with E-state index in [1.807, 2.05) is 0 Å². The summed E-state index contributed by atoms with van der Waals surface area (Å²) in [5, 5.41) is 35.9. The number of nitrogens with two attached hydrogens (primary N) is 1. The topological polar surface area (TPSA) is 120 Å². The van der Waals surface area contributed by atoms with Crippen molar-refractivity contribution >= 4 is 0 Å². The SMILES string of the molecule is N#CC1O[C@H](CO)[C@@H](O)[C@H](O)[C@H]1N. The Morgan fingerprint density at radius 1 is 1.38 bits per heavy atom. The van der Waals surface area contributed by atoms with E-state index in [1.165, 1.54) is 0 Å². The second-order valence-corrected chi connectivity index (χ2v) is 2.97. The Bertz CT molecular complexity index is 215. The number of nitriles is 1. The summed E-state index contributed by atoms with van der Waals surface area (Å²) in [4.78, 5) is 0. The Kier molecular flexibility index (Phi) is 3.19. The molecule has 0 aromatic heterocycles. The lowest BCUT2D eigenvalue weighted by molar-refractivity contribution is -0.174. The van der Waals surface area contributed by atoms with Gasteiger partial charge in [-0.2, -0.15) is 5.26 Å². The molecule has 1 rings (SSSR count). The van der Waals surface area contributed by atoms with E-state index < -0.39 is 37.1 Å². The van der Waals surface area contributed by atoms with Crippen molar-refractivity contribution in [2.75, 3.05) is 6.61 Å². The van der Waals surface area contributed by atoms with Crippen molar-refractivity contribution in [1.82, 2.24) is 0 Å². The van der Waals surface area contributed by atoms with Crippen molar-refractivity contribution in [2.45, 2.75) is 30.5 Å². The van der Waals surface area contributed by atoms with E-state index in [1.54, 1.807) is 6.07 Å². The molecule has 1 fully saturated rings. The number of hydrogen-bond donors (Lipinski definition) is 4. The van der Waals surface area contributed by atoms with Crippen LogP contribution in [0.3, 0.4) is 0 Å². The first-order valence-corrected chi connectivity index (χ1v) is 3.89. The molecule has 0 spiro atoms. The van der Waals surface area contributed by atoms with Gasteiger partial charge in [0.2, 0.25) is 0 Å². The van der Waals surface area contributed by atoms with Crippen LogP contribution < -0.4 is 5.73 Å². The number of ether oxygens (including phenoxy) is 1. The first-order chi connectivity index (χ1) is 6.11. The molecule has 5 atom stereocenters. The van der Waals surface area contributed by atoms with E-state index in [4.69, 9.17) is 20.8 Å². The van der Waals surface area contributed by atoms with Crippen LogP contribution in [-0.4, -0.2) is 52.4 Å². The van der Waals surface area contributed by atoms with Crippen molar-refractivity contribution < 1.29 is 20.1 Å². The summed E-state index contributed by atoms with van der Waals surface area (Å²) in [6.45, 7) is -0.455. The number of hydrogen-bond acceptors (Lipinski definition) is 6. The molecule has 1 unspecified atom stereocenters. The standard InChI is InChI=1S/C7H12N2O4/c8-1-3-5(9)7(12)6(11)4(2-10)13-3/h3-7,10-12H,2,9H2/t3?,4-,5+,6-,7-/m1/s1. The van der Waals surface area contributed by atoms with Crippen LogP contribution in [0.5, 0.6) is 0 Å². The molecule has 0 bridgehead atoms. The number of aliphatic hydroxyl groups excluding tert-OH is 3. The molecule has 13 heavy (non-hydrogen) atoms. The van der Waals surface area contributed by atoms with Crippen molar-refractivity contribution in [2.24, 2.45) is 5.73 Å². The van der Waals surface area contributed by atoms with Gasteiger partial charge in [-0.15, -0.1) is 0 Å². The zero-order chi connectivity index (χ0) is 10.0. The molecule has 6 nitrogen and oxygen atoms in total. The summed E-state index contributed by atoms with van der Waals surface area (Å²) < 4.78 is 4.93. The molecule has 74 valence electrons. The summed E-state index contributed by atoms with van der Waals surface area (Å²) in [5.41, 5.74) is 5.40. The zero-order valence-corrected chi connectivity index (χ0v) is 6.87. The Morgan fingerprint density at radius 2 is 2.00 bits per heavy atom. The highest BCUT2D eigenvalue weighted by Crippen LogP contribution is 2.18. The van der Waals surface area contributed by atoms with Gasteiger partial charge in [0.05, 0.1) is 18.7 Å². The van der Waals surface area contributed by atoms with Gasteiger partial charge in [-0.25, -0.2) is 0 Å². The molecule has 0 aromatic rings. The monoisotopic (exact) mass is 188 g/mol. The first kappa shape index (κ1) is 10.4. The molecule has 1 aliphatic rings. The molecule has 0 saturated carbocycles. The Morgan fingerprint density at radius 3 is 2.46 bits per heavy atom. The van der Waals surface area contributed by atoms with Gasteiger partial charge < -0.3 is 25.8 Å². The maximum atomic E-state index is 9.33. The second-order valence-electron chi connectivity index (χ2n) is 2.97. The Balaban J connectivity index is 2.73. The van der Waals surface area contributed by atoms with E-state index >= 15 is 0 Å². The van der Waals surface area contributed by atoms with Crippen LogP contribution in [0, 0.1) is 11.3 Å².